The van der Waals surface area contributed by atoms with Crippen LogP contribution in [0.15, 0.2) is 0 Å². The summed E-state index contributed by atoms with van der Waals surface area (Å²) >= 11 is 0. The molecular weight excluding hydrogens is 578 g/mol. The summed E-state index contributed by atoms with van der Waals surface area (Å²) in [4.78, 5) is 0. The molecule has 4 unspecified atom stereocenters. The van der Waals surface area contributed by atoms with Gasteiger partial charge in [0, 0.05) is 0 Å². The number of rotatable bonds is 10. The summed E-state index contributed by atoms with van der Waals surface area (Å²) in [7, 11) is 0. The van der Waals surface area contributed by atoms with Crippen LogP contribution in [-0.2, 0) is 4.74 Å². The first kappa shape index (κ1) is 33.4. The second-order valence-electron chi connectivity index (χ2n) is 6.18. The van der Waals surface area contributed by atoms with Gasteiger partial charge in [0.1, 0.15) is 0 Å². The molecule has 212 valence electrons. The molecule has 0 aromatic carbocycles. The van der Waals surface area contributed by atoms with Crippen molar-refractivity contribution in [2.45, 2.75) is 72.9 Å². The molecule has 23 heteroatoms. The third-order valence-electron chi connectivity index (χ3n) is 3.99. The zero-order valence-corrected chi connectivity index (χ0v) is 15.0. The molecule has 0 N–H and O–H groups in total. The average molecular weight is 582 g/mol. The van der Waals surface area contributed by atoms with Crippen LogP contribution < -0.4 is 0 Å². The second kappa shape index (κ2) is 9.06. The fourth-order valence-electron chi connectivity index (χ4n) is 1.92. The minimum atomic E-state index is -8.16. The Bertz CT molecular complexity index is 663. The van der Waals surface area contributed by atoms with Gasteiger partial charge in [-0.05, 0) is 0 Å². The van der Waals surface area contributed by atoms with Gasteiger partial charge >= 0.3 is 47.4 Å². The molecular formula is C12H4F22O. The van der Waals surface area contributed by atoms with Gasteiger partial charge in [-0.2, -0.15) is 61.5 Å². The molecule has 1 nitrogen and oxygen atoms in total. The fourth-order valence-corrected chi connectivity index (χ4v) is 1.92. The summed E-state index contributed by atoms with van der Waals surface area (Å²) in [5, 5.41) is 0. The fraction of sp³-hybridized carbons (Fsp3) is 1.00. The minimum Gasteiger partial charge on any atom is -0.303 e. The number of hydrogen-bond donors (Lipinski definition) is 0. The Hall–Kier alpha value is -1.58. The van der Waals surface area contributed by atoms with E-state index in [1.165, 1.54) is 0 Å². The maximum absolute atomic E-state index is 13.3. The van der Waals surface area contributed by atoms with E-state index in [-0.39, 0.29) is 0 Å². The quantitative estimate of drug-likeness (QED) is 0.248. The van der Waals surface area contributed by atoms with E-state index >= 15 is 0 Å². The highest BCUT2D eigenvalue weighted by Crippen LogP contribution is 2.59. The second-order valence-corrected chi connectivity index (χ2v) is 6.18. The van der Waals surface area contributed by atoms with Crippen LogP contribution >= 0.6 is 0 Å². The Balaban J connectivity index is 6.45. The van der Waals surface area contributed by atoms with Crippen LogP contribution in [0, 0.1) is 0 Å². The highest BCUT2D eigenvalue weighted by atomic mass is 19.4. The van der Waals surface area contributed by atoms with Crippen LogP contribution in [0.1, 0.15) is 0 Å². The van der Waals surface area contributed by atoms with Gasteiger partial charge in [-0.25, -0.2) is 35.1 Å². The third-order valence-corrected chi connectivity index (χ3v) is 3.99. The molecule has 4 atom stereocenters. The Morgan fingerprint density at radius 2 is 0.571 bits per heavy atom. The van der Waals surface area contributed by atoms with Gasteiger partial charge in [0.2, 0.25) is 0 Å². The van der Waals surface area contributed by atoms with Gasteiger partial charge < -0.3 is 4.74 Å². The van der Waals surface area contributed by atoms with E-state index in [0.717, 1.165) is 0 Å². The summed E-state index contributed by atoms with van der Waals surface area (Å²) in [6, 6.07) is 0. The van der Waals surface area contributed by atoms with Gasteiger partial charge in [0.25, 0.3) is 25.6 Å². The molecule has 0 spiro atoms. The van der Waals surface area contributed by atoms with Crippen molar-refractivity contribution < 1.29 is 101 Å². The van der Waals surface area contributed by atoms with E-state index in [4.69, 9.17) is 0 Å². The number of alkyl halides is 22. The topological polar surface area (TPSA) is 9.23 Å². The number of hydrogen-bond acceptors (Lipinski definition) is 1. The van der Waals surface area contributed by atoms with Gasteiger partial charge in [0.05, 0.1) is 0 Å². The summed E-state index contributed by atoms with van der Waals surface area (Å²) in [5.74, 6) is -32.1. The maximum Gasteiger partial charge on any atom is 0.434 e. The lowest BCUT2D eigenvalue weighted by Gasteiger charge is -2.41. The van der Waals surface area contributed by atoms with E-state index in [9.17, 15) is 96.6 Å². The molecule has 0 heterocycles. The predicted octanol–water partition coefficient (Wildman–Crippen LogP) is 7.21. The molecule has 0 amide bonds. The SMILES string of the molecule is FC(OC(F)C(F)(F)C(F)(F)C(F)(C(F)F)C(F)(F)F)C(F)(F)C(F)(F)C(F)(C(F)F)C(F)(F)F. The standard InChI is InChI=1S/C12H4F22O/c13-1(14)5(19,11(29,30)31)9(25,26)7(21,22)3(17)35-4(18)8(23,24)10(27,28)6(20,2(15)16)12(32,33)34/h1-4H. The predicted molar refractivity (Wildman–Crippen MR) is 62.5 cm³/mol. The van der Waals surface area contributed by atoms with Crippen molar-refractivity contribution in [1.29, 1.82) is 0 Å². The molecule has 0 aromatic rings. The molecule has 0 aliphatic carbocycles. The summed E-state index contributed by atoms with van der Waals surface area (Å²) in [6.45, 7) is 0. The zero-order chi connectivity index (χ0) is 29.0. The van der Waals surface area contributed by atoms with E-state index in [1.807, 2.05) is 0 Å². The first-order valence-electron chi connectivity index (χ1n) is 7.46. The minimum absolute atomic E-state index is 1.78. The zero-order valence-electron chi connectivity index (χ0n) is 15.0. The lowest BCUT2D eigenvalue weighted by atomic mass is 9.91. The van der Waals surface area contributed by atoms with Crippen LogP contribution in [0.5, 0.6) is 0 Å². The summed E-state index contributed by atoms with van der Waals surface area (Å²) in [6.07, 6.45) is -40.6. The van der Waals surface area contributed by atoms with Gasteiger partial charge in [-0.3, -0.25) is 0 Å². The molecule has 0 fully saturated rings. The lowest BCUT2D eigenvalue weighted by Crippen LogP contribution is -2.71. The van der Waals surface area contributed by atoms with Crippen molar-refractivity contribution in [1.82, 2.24) is 0 Å². The Kier molecular flexibility index (Phi) is 8.66. The van der Waals surface area contributed by atoms with E-state index in [0.29, 0.717) is 0 Å². The molecule has 0 aliphatic rings. The van der Waals surface area contributed by atoms with Crippen molar-refractivity contribution >= 4 is 0 Å². The Morgan fingerprint density at radius 3 is 0.714 bits per heavy atom. The van der Waals surface area contributed by atoms with Gasteiger partial charge in [-0.1, -0.05) is 0 Å². The normalized spacial score (nSPS) is 20.6. The molecule has 0 radical (unpaired) electrons. The largest absolute Gasteiger partial charge is 0.434 e. The van der Waals surface area contributed by atoms with Crippen LogP contribution in [0.25, 0.3) is 0 Å². The van der Waals surface area contributed by atoms with E-state index in [2.05, 4.69) is 0 Å². The monoisotopic (exact) mass is 582 g/mol. The maximum atomic E-state index is 13.3. The van der Waals surface area contributed by atoms with Crippen LogP contribution in [-0.4, -0.2) is 72.9 Å². The number of halogens is 22. The molecule has 0 aromatic heterocycles. The Labute approximate surface area is 176 Å². The van der Waals surface area contributed by atoms with Crippen molar-refractivity contribution in [3.05, 3.63) is 0 Å². The average Bonchev–Trinajstić information content (AvgIpc) is 2.63. The van der Waals surface area contributed by atoms with Gasteiger partial charge in [-0.15, -0.1) is 0 Å². The van der Waals surface area contributed by atoms with Crippen LogP contribution in [0.3, 0.4) is 0 Å². The molecule has 0 saturated carbocycles. The third kappa shape index (κ3) is 4.64. The first-order valence-corrected chi connectivity index (χ1v) is 7.46. The molecule has 0 bridgehead atoms. The summed E-state index contributed by atoms with van der Waals surface area (Å²) < 4.78 is 283. The molecule has 0 aliphatic heterocycles. The Morgan fingerprint density at radius 1 is 0.371 bits per heavy atom. The van der Waals surface area contributed by atoms with E-state index in [1.54, 1.807) is 4.74 Å². The van der Waals surface area contributed by atoms with Crippen LogP contribution in [0.2, 0.25) is 0 Å². The van der Waals surface area contributed by atoms with Crippen molar-refractivity contribution in [2.75, 3.05) is 0 Å². The highest BCUT2D eigenvalue weighted by Gasteiger charge is 2.88. The van der Waals surface area contributed by atoms with Crippen molar-refractivity contribution in [2.24, 2.45) is 0 Å². The van der Waals surface area contributed by atoms with E-state index < -0.39 is 72.9 Å². The van der Waals surface area contributed by atoms with Crippen molar-refractivity contribution in [3.8, 4) is 0 Å². The molecule has 0 rings (SSSR count). The highest BCUT2D eigenvalue weighted by molar-refractivity contribution is 5.11. The lowest BCUT2D eigenvalue weighted by molar-refractivity contribution is -0.427. The van der Waals surface area contributed by atoms with Gasteiger partial charge in [0.15, 0.2) is 0 Å². The smallest absolute Gasteiger partial charge is 0.303 e. The van der Waals surface area contributed by atoms with Crippen molar-refractivity contribution in [3.63, 3.8) is 0 Å². The first-order chi connectivity index (χ1) is 14.9. The number of ether oxygens (including phenoxy) is 1. The molecule has 35 heavy (non-hydrogen) atoms. The summed E-state index contributed by atoms with van der Waals surface area (Å²) in [5.41, 5.74) is -15.6. The van der Waals surface area contributed by atoms with Crippen LogP contribution in [0.4, 0.5) is 96.6 Å². The molecule has 0 saturated heterocycles.